The minimum Gasteiger partial charge on any atom is -0.469 e. The zero-order valence-electron chi connectivity index (χ0n) is 9.59. The minimum atomic E-state index is 1.03. The molecule has 0 aliphatic rings. The SMILES string of the molecule is CCNCCCNCCCc1ccco1. The van der Waals surface area contributed by atoms with E-state index >= 15 is 0 Å². The third-order valence-electron chi connectivity index (χ3n) is 2.31. The fourth-order valence-electron chi connectivity index (χ4n) is 1.48. The standard InChI is InChI=1S/C12H22N2O/c1-2-13-9-5-10-14-8-3-6-12-7-4-11-15-12/h4,7,11,13-14H,2-3,5-6,8-10H2,1H3. The predicted molar refractivity (Wildman–Crippen MR) is 63.1 cm³/mol. The van der Waals surface area contributed by atoms with E-state index in [-0.39, 0.29) is 0 Å². The molecule has 0 unspecified atom stereocenters. The number of hydrogen-bond donors (Lipinski definition) is 2. The molecule has 3 nitrogen and oxygen atoms in total. The lowest BCUT2D eigenvalue weighted by atomic mass is 10.2. The number of aryl methyl sites for hydroxylation is 1. The highest BCUT2D eigenvalue weighted by Gasteiger charge is 1.94. The maximum atomic E-state index is 5.26. The van der Waals surface area contributed by atoms with Crippen LogP contribution < -0.4 is 10.6 Å². The minimum absolute atomic E-state index is 1.03. The number of rotatable bonds is 9. The highest BCUT2D eigenvalue weighted by molar-refractivity contribution is 4.97. The fourth-order valence-corrected chi connectivity index (χ4v) is 1.48. The van der Waals surface area contributed by atoms with E-state index in [4.69, 9.17) is 4.42 Å². The van der Waals surface area contributed by atoms with Gasteiger partial charge in [0, 0.05) is 6.42 Å². The molecule has 1 heterocycles. The van der Waals surface area contributed by atoms with Gasteiger partial charge in [-0.25, -0.2) is 0 Å². The lowest BCUT2D eigenvalue weighted by molar-refractivity contribution is 0.494. The summed E-state index contributed by atoms with van der Waals surface area (Å²) in [5.41, 5.74) is 0. The smallest absolute Gasteiger partial charge is 0.103 e. The zero-order chi connectivity index (χ0) is 10.8. The van der Waals surface area contributed by atoms with Crippen molar-refractivity contribution >= 4 is 0 Å². The number of furan rings is 1. The van der Waals surface area contributed by atoms with Crippen LogP contribution in [0.15, 0.2) is 22.8 Å². The lowest BCUT2D eigenvalue weighted by Crippen LogP contribution is -2.22. The van der Waals surface area contributed by atoms with Gasteiger partial charge in [0.05, 0.1) is 6.26 Å². The molecule has 0 fully saturated rings. The summed E-state index contributed by atoms with van der Waals surface area (Å²) in [7, 11) is 0. The van der Waals surface area contributed by atoms with Gasteiger partial charge >= 0.3 is 0 Å². The zero-order valence-corrected chi connectivity index (χ0v) is 9.59. The molecule has 0 aromatic carbocycles. The monoisotopic (exact) mass is 210 g/mol. The maximum absolute atomic E-state index is 5.26. The van der Waals surface area contributed by atoms with Crippen molar-refractivity contribution in [3.63, 3.8) is 0 Å². The summed E-state index contributed by atoms with van der Waals surface area (Å²) in [6.45, 7) is 6.49. The Morgan fingerprint density at radius 3 is 2.67 bits per heavy atom. The fraction of sp³-hybridized carbons (Fsp3) is 0.667. The van der Waals surface area contributed by atoms with E-state index < -0.39 is 0 Å². The van der Waals surface area contributed by atoms with Crippen LogP contribution in [0.5, 0.6) is 0 Å². The van der Waals surface area contributed by atoms with Gasteiger partial charge in [-0.15, -0.1) is 0 Å². The van der Waals surface area contributed by atoms with E-state index in [0.717, 1.165) is 44.8 Å². The Morgan fingerprint density at radius 2 is 1.93 bits per heavy atom. The van der Waals surface area contributed by atoms with E-state index in [0.29, 0.717) is 0 Å². The molecule has 0 spiro atoms. The summed E-state index contributed by atoms with van der Waals surface area (Å²) in [6.07, 6.45) is 5.12. The van der Waals surface area contributed by atoms with Crippen molar-refractivity contribution in [1.82, 2.24) is 10.6 Å². The van der Waals surface area contributed by atoms with E-state index in [9.17, 15) is 0 Å². The topological polar surface area (TPSA) is 37.2 Å². The van der Waals surface area contributed by atoms with Gasteiger partial charge < -0.3 is 15.1 Å². The average molecular weight is 210 g/mol. The molecule has 15 heavy (non-hydrogen) atoms. The summed E-state index contributed by atoms with van der Waals surface area (Å²) in [5, 5.41) is 6.73. The molecule has 0 saturated carbocycles. The van der Waals surface area contributed by atoms with E-state index in [1.54, 1.807) is 6.26 Å². The first-order chi connectivity index (χ1) is 7.43. The molecule has 0 bridgehead atoms. The average Bonchev–Trinajstić information content (AvgIpc) is 2.75. The van der Waals surface area contributed by atoms with Gasteiger partial charge in [0.15, 0.2) is 0 Å². The molecule has 2 N–H and O–H groups in total. The number of hydrogen-bond acceptors (Lipinski definition) is 3. The van der Waals surface area contributed by atoms with Crippen LogP contribution in [0, 0.1) is 0 Å². The van der Waals surface area contributed by atoms with Gasteiger partial charge in [0.1, 0.15) is 5.76 Å². The van der Waals surface area contributed by atoms with Crippen molar-refractivity contribution in [2.75, 3.05) is 26.2 Å². The van der Waals surface area contributed by atoms with Crippen molar-refractivity contribution in [2.24, 2.45) is 0 Å². The molecule has 1 aromatic heterocycles. The van der Waals surface area contributed by atoms with E-state index in [1.165, 1.54) is 6.42 Å². The lowest BCUT2D eigenvalue weighted by Gasteiger charge is -2.04. The maximum Gasteiger partial charge on any atom is 0.103 e. The molecular weight excluding hydrogens is 188 g/mol. The summed E-state index contributed by atoms with van der Waals surface area (Å²) < 4.78 is 5.26. The van der Waals surface area contributed by atoms with Crippen molar-refractivity contribution in [3.8, 4) is 0 Å². The van der Waals surface area contributed by atoms with Gasteiger partial charge in [0.2, 0.25) is 0 Å². The molecule has 3 heteroatoms. The third kappa shape index (κ3) is 6.31. The Hall–Kier alpha value is -0.800. The van der Waals surface area contributed by atoms with Crippen LogP contribution in [0.2, 0.25) is 0 Å². The quantitative estimate of drug-likeness (QED) is 0.610. The van der Waals surface area contributed by atoms with Crippen LogP contribution in [0.3, 0.4) is 0 Å². The second-order valence-electron chi connectivity index (χ2n) is 3.64. The summed E-state index contributed by atoms with van der Waals surface area (Å²) in [5.74, 6) is 1.09. The van der Waals surface area contributed by atoms with Crippen LogP contribution in [-0.4, -0.2) is 26.2 Å². The molecule has 86 valence electrons. The van der Waals surface area contributed by atoms with Crippen LogP contribution >= 0.6 is 0 Å². The Bertz CT molecular complexity index is 222. The molecule has 0 amide bonds. The Kier molecular flexibility index (Phi) is 6.96. The molecular formula is C12H22N2O. The second kappa shape index (κ2) is 8.50. The molecule has 0 radical (unpaired) electrons. The van der Waals surface area contributed by atoms with Gasteiger partial charge in [-0.3, -0.25) is 0 Å². The predicted octanol–water partition coefficient (Wildman–Crippen LogP) is 1.80. The second-order valence-corrected chi connectivity index (χ2v) is 3.64. The molecule has 1 rings (SSSR count). The molecule has 0 aliphatic heterocycles. The molecule has 0 saturated heterocycles. The number of nitrogens with one attached hydrogen (secondary N) is 2. The van der Waals surface area contributed by atoms with Gasteiger partial charge in [-0.1, -0.05) is 6.92 Å². The van der Waals surface area contributed by atoms with Crippen molar-refractivity contribution in [3.05, 3.63) is 24.2 Å². The summed E-state index contributed by atoms with van der Waals surface area (Å²) in [4.78, 5) is 0. The van der Waals surface area contributed by atoms with Crippen LogP contribution in [-0.2, 0) is 6.42 Å². The highest BCUT2D eigenvalue weighted by atomic mass is 16.3. The third-order valence-corrected chi connectivity index (χ3v) is 2.31. The van der Waals surface area contributed by atoms with Crippen molar-refractivity contribution in [1.29, 1.82) is 0 Å². The van der Waals surface area contributed by atoms with Gasteiger partial charge in [-0.2, -0.15) is 0 Å². The van der Waals surface area contributed by atoms with E-state index in [1.807, 2.05) is 12.1 Å². The Morgan fingerprint density at radius 1 is 1.13 bits per heavy atom. The van der Waals surface area contributed by atoms with Crippen molar-refractivity contribution in [2.45, 2.75) is 26.2 Å². The van der Waals surface area contributed by atoms with Gasteiger partial charge in [-0.05, 0) is 51.2 Å². The Balaban J connectivity index is 1.81. The first-order valence-corrected chi connectivity index (χ1v) is 5.87. The first kappa shape index (κ1) is 12.3. The summed E-state index contributed by atoms with van der Waals surface area (Å²) >= 11 is 0. The summed E-state index contributed by atoms with van der Waals surface area (Å²) in [6, 6.07) is 3.98. The van der Waals surface area contributed by atoms with Crippen LogP contribution in [0.4, 0.5) is 0 Å². The molecule has 0 atom stereocenters. The highest BCUT2D eigenvalue weighted by Crippen LogP contribution is 2.02. The van der Waals surface area contributed by atoms with Crippen molar-refractivity contribution < 1.29 is 4.42 Å². The normalized spacial score (nSPS) is 10.7. The first-order valence-electron chi connectivity index (χ1n) is 5.87. The van der Waals surface area contributed by atoms with Crippen LogP contribution in [0.25, 0.3) is 0 Å². The van der Waals surface area contributed by atoms with Gasteiger partial charge in [0.25, 0.3) is 0 Å². The molecule has 0 aliphatic carbocycles. The Labute approximate surface area is 92.2 Å². The van der Waals surface area contributed by atoms with E-state index in [2.05, 4.69) is 17.6 Å². The largest absolute Gasteiger partial charge is 0.469 e. The van der Waals surface area contributed by atoms with Crippen LogP contribution in [0.1, 0.15) is 25.5 Å². The molecule has 1 aromatic rings.